The fourth-order valence-corrected chi connectivity index (χ4v) is 4.70. The van der Waals surface area contributed by atoms with Crippen molar-refractivity contribution in [1.29, 1.82) is 0 Å². The Balaban J connectivity index is 2.24. The molecular formula is C22H26F3NO2Si. The molecule has 3 nitrogen and oxygen atoms in total. The summed E-state index contributed by atoms with van der Waals surface area (Å²) in [6.45, 7) is 5.22. The van der Waals surface area contributed by atoms with Gasteiger partial charge in [0, 0.05) is 26.5 Å². The number of ether oxygens (including phenoxy) is 1. The molecule has 29 heavy (non-hydrogen) atoms. The molecule has 0 heterocycles. The van der Waals surface area contributed by atoms with Crippen molar-refractivity contribution in [2.75, 3.05) is 6.61 Å². The number of carbonyl (C=O) groups excluding carboxylic acids is 1. The van der Waals surface area contributed by atoms with E-state index in [1.807, 2.05) is 0 Å². The molecule has 2 aromatic carbocycles. The van der Waals surface area contributed by atoms with Crippen LogP contribution in [0.2, 0.25) is 0 Å². The highest BCUT2D eigenvalue weighted by Gasteiger charge is 2.38. The van der Waals surface area contributed by atoms with Gasteiger partial charge in [-0.05, 0) is 80.0 Å². The molecule has 0 unspecified atom stereocenters. The van der Waals surface area contributed by atoms with E-state index in [-0.39, 0.29) is 40.3 Å². The summed E-state index contributed by atoms with van der Waals surface area (Å²) < 4.78 is 49.9. The smallest absolute Gasteiger partial charge is 0.307 e. The van der Waals surface area contributed by atoms with Crippen molar-refractivity contribution in [2.45, 2.75) is 51.1 Å². The molecule has 0 radical (unpaired) electrons. The van der Waals surface area contributed by atoms with Crippen molar-refractivity contribution in [3.63, 3.8) is 0 Å². The molecule has 1 fully saturated rings. The molecule has 0 aromatic heterocycles. The molecule has 1 aliphatic carbocycles. The van der Waals surface area contributed by atoms with Crippen molar-refractivity contribution in [2.24, 2.45) is 5.73 Å². The summed E-state index contributed by atoms with van der Waals surface area (Å²) in [5.74, 6) is -2.45. The van der Waals surface area contributed by atoms with Crippen LogP contribution in [0.1, 0.15) is 54.4 Å². The van der Waals surface area contributed by atoms with Crippen LogP contribution in [-0.4, -0.2) is 22.8 Å². The first-order chi connectivity index (χ1) is 13.6. The Morgan fingerprint density at radius 3 is 2.28 bits per heavy atom. The summed E-state index contributed by atoms with van der Waals surface area (Å²) in [4.78, 5) is 12.0. The Hall–Kier alpha value is -2.12. The van der Waals surface area contributed by atoms with E-state index in [2.05, 4.69) is 0 Å². The summed E-state index contributed by atoms with van der Waals surface area (Å²) in [6, 6.07) is 4.19. The minimum absolute atomic E-state index is 0.00854. The lowest BCUT2D eigenvalue weighted by Gasteiger charge is -2.28. The predicted octanol–water partition coefficient (Wildman–Crippen LogP) is 3.70. The number of hydrogen-bond donors (Lipinski definition) is 1. The third-order valence-electron chi connectivity index (χ3n) is 5.40. The maximum atomic E-state index is 15.7. The molecule has 0 aliphatic heterocycles. The van der Waals surface area contributed by atoms with Gasteiger partial charge in [0.1, 0.15) is 17.5 Å². The summed E-state index contributed by atoms with van der Waals surface area (Å²) in [6.07, 6.45) is 1.34. The number of halogens is 3. The molecule has 0 spiro atoms. The molecule has 2 N–H and O–H groups in total. The van der Waals surface area contributed by atoms with E-state index in [0.717, 1.165) is 12.8 Å². The van der Waals surface area contributed by atoms with Crippen molar-refractivity contribution >= 4 is 16.2 Å². The second-order valence-corrected chi connectivity index (χ2v) is 9.89. The zero-order valence-electron chi connectivity index (χ0n) is 17.2. The summed E-state index contributed by atoms with van der Waals surface area (Å²) in [5, 5.41) is -1.46. The second kappa shape index (κ2) is 7.95. The SMILES string of the molecule is CCOC(=O)C[C@](N)([SiH3])c1c(F)c(-c2c(C)cc(F)cc2C)cc(C2CC2)c1F. The number of rotatable bonds is 6. The first-order valence-corrected chi connectivity index (χ1v) is 10.8. The van der Waals surface area contributed by atoms with Gasteiger partial charge in [0.2, 0.25) is 0 Å². The van der Waals surface area contributed by atoms with Gasteiger partial charge >= 0.3 is 5.97 Å². The molecule has 0 amide bonds. The minimum Gasteiger partial charge on any atom is -0.466 e. The zero-order valence-corrected chi connectivity index (χ0v) is 19.2. The molecular weight excluding hydrogens is 395 g/mol. The van der Waals surface area contributed by atoms with Crippen LogP contribution in [0.25, 0.3) is 11.1 Å². The van der Waals surface area contributed by atoms with Gasteiger partial charge < -0.3 is 10.5 Å². The Labute approximate surface area is 171 Å². The largest absolute Gasteiger partial charge is 0.466 e. The second-order valence-electron chi connectivity index (χ2n) is 8.10. The lowest BCUT2D eigenvalue weighted by atomic mass is 9.88. The average Bonchev–Trinajstić information content (AvgIpc) is 3.40. The highest BCUT2D eigenvalue weighted by Crippen LogP contribution is 2.46. The molecule has 1 aliphatic rings. The highest BCUT2D eigenvalue weighted by molar-refractivity contribution is 6.17. The fraction of sp³-hybridized carbons (Fsp3) is 0.409. The van der Waals surface area contributed by atoms with Gasteiger partial charge in [0.05, 0.1) is 13.0 Å². The fourth-order valence-electron chi connectivity index (χ4n) is 3.97. The number of aryl methyl sites for hydroxylation is 2. The maximum Gasteiger partial charge on any atom is 0.307 e. The third-order valence-corrected chi connectivity index (χ3v) is 6.25. The number of hydrogen-bond acceptors (Lipinski definition) is 3. The van der Waals surface area contributed by atoms with E-state index in [1.165, 1.54) is 18.2 Å². The van der Waals surface area contributed by atoms with Gasteiger partial charge in [0.15, 0.2) is 0 Å². The minimum atomic E-state index is -1.46. The Kier molecular flexibility index (Phi) is 5.92. The Bertz CT molecular complexity index is 948. The van der Waals surface area contributed by atoms with Crippen molar-refractivity contribution in [1.82, 2.24) is 0 Å². The third kappa shape index (κ3) is 4.26. The summed E-state index contributed by atoms with van der Waals surface area (Å²) >= 11 is 0. The topological polar surface area (TPSA) is 52.3 Å². The zero-order chi connectivity index (χ0) is 21.5. The number of carbonyl (C=O) groups is 1. The van der Waals surface area contributed by atoms with Crippen LogP contribution in [0.3, 0.4) is 0 Å². The average molecular weight is 422 g/mol. The monoisotopic (exact) mass is 421 g/mol. The summed E-state index contributed by atoms with van der Waals surface area (Å²) in [5.41, 5.74) is 8.32. The molecule has 0 bridgehead atoms. The first-order valence-electron chi connectivity index (χ1n) is 9.80. The molecule has 2 aromatic rings. The molecule has 156 valence electrons. The van der Waals surface area contributed by atoms with E-state index >= 15 is 8.78 Å². The summed E-state index contributed by atoms with van der Waals surface area (Å²) in [7, 11) is 0.144. The van der Waals surface area contributed by atoms with Gasteiger partial charge in [-0.25, -0.2) is 13.2 Å². The van der Waals surface area contributed by atoms with E-state index in [1.54, 1.807) is 20.8 Å². The Morgan fingerprint density at radius 2 is 1.76 bits per heavy atom. The van der Waals surface area contributed by atoms with Crippen LogP contribution in [0.15, 0.2) is 18.2 Å². The van der Waals surface area contributed by atoms with Crippen molar-refractivity contribution < 1.29 is 22.7 Å². The van der Waals surface area contributed by atoms with Crippen LogP contribution < -0.4 is 5.73 Å². The van der Waals surface area contributed by atoms with Crippen LogP contribution in [0.4, 0.5) is 13.2 Å². The van der Waals surface area contributed by atoms with Crippen molar-refractivity contribution in [3.05, 3.63) is 57.9 Å². The van der Waals surface area contributed by atoms with Crippen LogP contribution >= 0.6 is 0 Å². The number of esters is 1. The molecule has 7 heteroatoms. The first kappa shape index (κ1) is 21.6. The molecule has 1 atom stereocenters. The van der Waals surface area contributed by atoms with Gasteiger partial charge in [-0.15, -0.1) is 0 Å². The van der Waals surface area contributed by atoms with Crippen LogP contribution in [0, 0.1) is 31.3 Å². The van der Waals surface area contributed by atoms with Gasteiger partial charge in [-0.2, -0.15) is 0 Å². The lowest BCUT2D eigenvalue weighted by molar-refractivity contribution is -0.143. The standard InChI is InChI=1S/C22H26F3NO2Si/c1-4-28-17(27)10-22(26,29)19-20(24)15(13-5-6-13)9-16(21(19)25)18-11(2)7-14(23)8-12(18)3/h7-9,13H,4-6,10,26H2,1-3,29H3/t22-/m0/s1. The van der Waals surface area contributed by atoms with Crippen LogP contribution in [-0.2, 0) is 14.7 Å². The maximum absolute atomic E-state index is 15.7. The molecule has 1 saturated carbocycles. The lowest BCUT2D eigenvalue weighted by Crippen LogP contribution is -2.42. The Morgan fingerprint density at radius 1 is 1.17 bits per heavy atom. The van der Waals surface area contributed by atoms with E-state index < -0.39 is 28.6 Å². The van der Waals surface area contributed by atoms with Gasteiger partial charge in [-0.3, -0.25) is 4.79 Å². The van der Waals surface area contributed by atoms with E-state index in [9.17, 15) is 9.18 Å². The quantitative estimate of drug-likeness (QED) is 0.572. The van der Waals surface area contributed by atoms with E-state index in [4.69, 9.17) is 10.5 Å². The van der Waals surface area contributed by atoms with Gasteiger partial charge in [0.25, 0.3) is 0 Å². The number of nitrogens with two attached hydrogens (primary N) is 1. The van der Waals surface area contributed by atoms with Crippen molar-refractivity contribution in [3.8, 4) is 11.1 Å². The number of benzene rings is 2. The van der Waals surface area contributed by atoms with E-state index in [0.29, 0.717) is 22.3 Å². The predicted molar refractivity (Wildman–Crippen MR) is 110 cm³/mol. The molecule has 3 rings (SSSR count). The van der Waals surface area contributed by atoms with Gasteiger partial charge in [-0.1, -0.05) is 0 Å². The molecule has 0 saturated heterocycles. The highest BCUT2D eigenvalue weighted by atomic mass is 28.1. The van der Waals surface area contributed by atoms with Crippen LogP contribution in [0.5, 0.6) is 0 Å². The normalized spacial score (nSPS) is 16.0.